The van der Waals surface area contributed by atoms with Gasteiger partial charge in [0.05, 0.1) is 11.7 Å². The van der Waals surface area contributed by atoms with Crippen molar-refractivity contribution < 1.29 is 4.79 Å². The number of nitrogens with one attached hydrogen (secondary N) is 1. The number of amides is 1. The van der Waals surface area contributed by atoms with Crippen LogP contribution in [0, 0.1) is 0 Å². The number of hydrogen-bond donors (Lipinski definition) is 1. The minimum absolute atomic E-state index is 0.0409. The van der Waals surface area contributed by atoms with Crippen molar-refractivity contribution in [3.05, 3.63) is 29.3 Å². The third-order valence-corrected chi connectivity index (χ3v) is 4.17. The van der Waals surface area contributed by atoms with Gasteiger partial charge in [0.15, 0.2) is 0 Å². The molecule has 1 aromatic rings. The smallest absolute Gasteiger partial charge is 0.244 e. The molecule has 0 aliphatic carbocycles. The van der Waals surface area contributed by atoms with E-state index in [0.717, 1.165) is 19.3 Å². The van der Waals surface area contributed by atoms with Crippen molar-refractivity contribution in [2.75, 3.05) is 4.90 Å². The van der Waals surface area contributed by atoms with Crippen molar-refractivity contribution in [3.8, 4) is 0 Å². The van der Waals surface area contributed by atoms with Gasteiger partial charge in [-0.05, 0) is 37.3 Å². The average molecular weight is 258 g/mol. The Hall–Kier alpha value is -1.35. The molecule has 0 aromatic heterocycles. The van der Waals surface area contributed by atoms with Crippen LogP contribution in [0.4, 0.5) is 5.69 Å². The van der Waals surface area contributed by atoms with Crippen molar-refractivity contribution >= 4 is 11.6 Å². The highest BCUT2D eigenvalue weighted by atomic mass is 16.2. The predicted molar refractivity (Wildman–Crippen MR) is 77.5 cm³/mol. The molecule has 1 amide bonds. The number of rotatable bonds is 2. The number of hydrogen-bond acceptors (Lipinski definition) is 2. The molecule has 0 radical (unpaired) electrons. The van der Waals surface area contributed by atoms with E-state index >= 15 is 0 Å². The molecule has 102 valence electrons. The quantitative estimate of drug-likeness (QED) is 0.882. The summed E-state index contributed by atoms with van der Waals surface area (Å²) in [7, 11) is 0. The highest BCUT2D eigenvalue weighted by molar-refractivity contribution is 6.01. The largest absolute Gasteiger partial charge is 0.307 e. The van der Waals surface area contributed by atoms with Crippen LogP contribution >= 0.6 is 0 Å². The van der Waals surface area contributed by atoms with Crippen LogP contribution in [0.1, 0.15) is 38.3 Å². The lowest BCUT2D eigenvalue weighted by molar-refractivity contribution is -0.121. The minimum Gasteiger partial charge on any atom is -0.307 e. The summed E-state index contributed by atoms with van der Waals surface area (Å²) in [5.74, 6) is 0.255. The summed E-state index contributed by atoms with van der Waals surface area (Å²) >= 11 is 0. The zero-order chi connectivity index (χ0) is 13.6. The van der Waals surface area contributed by atoms with Crippen LogP contribution in [0.2, 0.25) is 0 Å². The van der Waals surface area contributed by atoms with Crippen LogP contribution in [0.15, 0.2) is 18.2 Å². The summed E-state index contributed by atoms with van der Waals surface area (Å²) in [6.45, 7) is 6.35. The van der Waals surface area contributed by atoms with Crippen LogP contribution in [0.3, 0.4) is 0 Å². The number of para-hydroxylation sites is 1. The zero-order valence-electron chi connectivity index (χ0n) is 11.9. The number of nitrogens with zero attached hydrogens (tertiary/aromatic N) is 1. The molecular weight excluding hydrogens is 236 g/mol. The second-order valence-corrected chi connectivity index (χ2v) is 6.10. The Morgan fingerprint density at radius 2 is 2.05 bits per heavy atom. The van der Waals surface area contributed by atoms with E-state index in [4.69, 9.17) is 0 Å². The molecule has 2 atom stereocenters. The Morgan fingerprint density at radius 3 is 2.79 bits per heavy atom. The normalized spacial score (nSPS) is 25.7. The van der Waals surface area contributed by atoms with E-state index in [1.54, 1.807) is 0 Å². The first-order chi connectivity index (χ1) is 9.08. The first kappa shape index (κ1) is 12.7. The molecule has 19 heavy (non-hydrogen) atoms. The molecule has 1 aromatic carbocycles. The third-order valence-electron chi connectivity index (χ3n) is 4.17. The van der Waals surface area contributed by atoms with E-state index in [-0.39, 0.29) is 11.9 Å². The van der Waals surface area contributed by atoms with Gasteiger partial charge in [-0.2, -0.15) is 0 Å². The van der Waals surface area contributed by atoms with Crippen LogP contribution in [0.5, 0.6) is 0 Å². The van der Waals surface area contributed by atoms with Crippen LogP contribution in [-0.4, -0.2) is 24.0 Å². The average Bonchev–Trinajstić information content (AvgIpc) is 2.62. The highest BCUT2D eigenvalue weighted by Gasteiger charge is 2.38. The van der Waals surface area contributed by atoms with Crippen LogP contribution in [0.25, 0.3) is 0 Å². The third kappa shape index (κ3) is 2.06. The van der Waals surface area contributed by atoms with E-state index in [0.29, 0.717) is 12.1 Å². The molecule has 0 saturated carbocycles. The molecule has 0 saturated heterocycles. The van der Waals surface area contributed by atoms with Gasteiger partial charge in [0.2, 0.25) is 5.91 Å². The first-order valence-electron chi connectivity index (χ1n) is 7.28. The second kappa shape index (κ2) is 4.64. The fourth-order valence-corrected chi connectivity index (χ4v) is 3.43. The van der Waals surface area contributed by atoms with Crippen LogP contribution in [-0.2, 0) is 17.6 Å². The van der Waals surface area contributed by atoms with Crippen LogP contribution < -0.4 is 10.2 Å². The van der Waals surface area contributed by atoms with Gasteiger partial charge in [-0.15, -0.1) is 0 Å². The second-order valence-electron chi connectivity index (χ2n) is 6.10. The van der Waals surface area contributed by atoms with Gasteiger partial charge < -0.3 is 10.2 Å². The number of benzene rings is 1. The van der Waals surface area contributed by atoms with Crippen molar-refractivity contribution in [2.24, 2.45) is 0 Å². The topological polar surface area (TPSA) is 32.3 Å². The minimum atomic E-state index is -0.0409. The fraction of sp³-hybridized carbons (Fsp3) is 0.562. The Morgan fingerprint density at radius 1 is 1.32 bits per heavy atom. The van der Waals surface area contributed by atoms with Crippen molar-refractivity contribution in [1.82, 2.24) is 5.32 Å². The maximum atomic E-state index is 12.8. The van der Waals surface area contributed by atoms with E-state index < -0.39 is 0 Å². The van der Waals surface area contributed by atoms with Gasteiger partial charge >= 0.3 is 0 Å². The molecule has 2 unspecified atom stereocenters. The summed E-state index contributed by atoms with van der Waals surface area (Å²) in [6, 6.07) is 7.06. The molecule has 2 heterocycles. The summed E-state index contributed by atoms with van der Waals surface area (Å²) < 4.78 is 0. The van der Waals surface area contributed by atoms with Crippen molar-refractivity contribution in [1.29, 1.82) is 0 Å². The number of aryl methyl sites for hydroxylation is 1. The Labute approximate surface area is 115 Å². The zero-order valence-corrected chi connectivity index (χ0v) is 11.9. The molecule has 0 spiro atoms. The lowest BCUT2D eigenvalue weighted by Crippen LogP contribution is -2.49. The molecular formula is C16H22N2O. The summed E-state index contributed by atoms with van der Waals surface area (Å²) in [5, 5.41) is 3.42. The van der Waals surface area contributed by atoms with Gasteiger partial charge in [0.25, 0.3) is 0 Å². The first-order valence-corrected chi connectivity index (χ1v) is 7.28. The summed E-state index contributed by atoms with van der Waals surface area (Å²) in [6.07, 6.45) is 2.88. The maximum absolute atomic E-state index is 12.8. The number of anilines is 1. The SMILES string of the molecule is CC(C)NC1CCc2cccc3c2N(C1=O)C(C)C3. The van der Waals surface area contributed by atoms with E-state index in [1.807, 2.05) is 4.90 Å². The lowest BCUT2D eigenvalue weighted by Gasteiger charge is -2.27. The van der Waals surface area contributed by atoms with E-state index in [1.165, 1.54) is 16.8 Å². The fourth-order valence-electron chi connectivity index (χ4n) is 3.43. The number of carbonyl (C=O) groups is 1. The molecule has 1 N–H and O–H groups in total. The Balaban J connectivity index is 2.00. The molecule has 2 aliphatic heterocycles. The maximum Gasteiger partial charge on any atom is 0.244 e. The van der Waals surface area contributed by atoms with E-state index in [2.05, 4.69) is 44.3 Å². The van der Waals surface area contributed by atoms with Crippen molar-refractivity contribution in [3.63, 3.8) is 0 Å². The standard InChI is InChI=1S/C16H22N2O/c1-10(2)17-14-8-7-12-5-4-6-13-9-11(3)18(15(12)13)16(14)19/h4-6,10-11,14,17H,7-9H2,1-3H3. The van der Waals surface area contributed by atoms with Gasteiger partial charge in [-0.1, -0.05) is 32.0 Å². The van der Waals surface area contributed by atoms with Gasteiger partial charge in [-0.25, -0.2) is 0 Å². The Bertz CT molecular complexity index is 509. The van der Waals surface area contributed by atoms with Gasteiger partial charge in [0, 0.05) is 12.1 Å². The molecule has 3 heteroatoms. The lowest BCUT2D eigenvalue weighted by atomic mass is 10.0. The monoisotopic (exact) mass is 258 g/mol. The van der Waals surface area contributed by atoms with E-state index in [9.17, 15) is 4.79 Å². The molecule has 0 bridgehead atoms. The summed E-state index contributed by atoms with van der Waals surface area (Å²) in [5.41, 5.74) is 3.87. The summed E-state index contributed by atoms with van der Waals surface area (Å²) in [4.78, 5) is 14.8. The molecule has 0 fully saturated rings. The molecule has 3 nitrogen and oxygen atoms in total. The molecule has 3 rings (SSSR count). The Kier molecular flexibility index (Phi) is 3.09. The molecule has 2 aliphatic rings. The number of carbonyl (C=O) groups excluding carboxylic acids is 1. The highest BCUT2D eigenvalue weighted by Crippen LogP contribution is 2.38. The predicted octanol–water partition coefficient (Wildman–Crippen LogP) is 2.28. The van der Waals surface area contributed by atoms with Gasteiger partial charge in [0.1, 0.15) is 0 Å². The van der Waals surface area contributed by atoms with Gasteiger partial charge in [-0.3, -0.25) is 4.79 Å². The van der Waals surface area contributed by atoms with Crippen molar-refractivity contribution in [2.45, 2.75) is 58.2 Å².